The van der Waals surface area contributed by atoms with Gasteiger partial charge in [-0.2, -0.15) is 0 Å². The van der Waals surface area contributed by atoms with Crippen LogP contribution in [0.2, 0.25) is 0 Å². The maximum absolute atomic E-state index is 13.3. The Bertz CT molecular complexity index is 917. The Labute approximate surface area is 163 Å². The van der Waals surface area contributed by atoms with Gasteiger partial charge < -0.3 is 4.90 Å². The normalized spacial score (nSPS) is 10.9. The molecule has 3 rings (SSSR count). The lowest BCUT2D eigenvalue weighted by atomic mass is 10.0. The quantitative estimate of drug-likeness (QED) is 0.504. The number of fused-ring (bicyclic) bond motifs is 1. The third kappa shape index (κ3) is 3.96. The highest BCUT2D eigenvalue weighted by atomic mass is 79.9. The number of pyridine rings is 1. The van der Waals surface area contributed by atoms with E-state index in [1.54, 1.807) is 0 Å². The largest absolute Gasteiger partial charge is 0.339 e. The molecule has 0 atom stereocenters. The van der Waals surface area contributed by atoms with Crippen molar-refractivity contribution in [2.24, 2.45) is 0 Å². The Morgan fingerprint density at radius 1 is 1.00 bits per heavy atom. The summed E-state index contributed by atoms with van der Waals surface area (Å²) in [6.45, 7) is 5.76. The molecule has 1 heterocycles. The van der Waals surface area contributed by atoms with Gasteiger partial charge in [0.1, 0.15) is 0 Å². The molecule has 2 aromatic carbocycles. The van der Waals surface area contributed by atoms with E-state index < -0.39 is 0 Å². The summed E-state index contributed by atoms with van der Waals surface area (Å²) in [4.78, 5) is 20.0. The summed E-state index contributed by atoms with van der Waals surface area (Å²) in [5.74, 6) is 0.0866. The zero-order chi connectivity index (χ0) is 18.5. The third-order valence-corrected chi connectivity index (χ3v) is 4.83. The van der Waals surface area contributed by atoms with Crippen molar-refractivity contribution in [1.29, 1.82) is 0 Å². The highest BCUT2D eigenvalue weighted by Crippen LogP contribution is 2.27. The summed E-state index contributed by atoms with van der Waals surface area (Å²) < 4.78 is 0.997. The molecule has 0 bridgehead atoms. The van der Waals surface area contributed by atoms with Crippen molar-refractivity contribution in [2.45, 2.75) is 26.7 Å². The number of halogens is 1. The van der Waals surface area contributed by atoms with Gasteiger partial charge in [-0.05, 0) is 37.1 Å². The van der Waals surface area contributed by atoms with Gasteiger partial charge in [-0.3, -0.25) is 4.79 Å². The van der Waals surface area contributed by atoms with E-state index in [0.717, 1.165) is 58.1 Å². The van der Waals surface area contributed by atoms with Crippen LogP contribution < -0.4 is 0 Å². The van der Waals surface area contributed by atoms with Crippen LogP contribution in [0, 0.1) is 0 Å². The molecule has 0 spiro atoms. The molecule has 0 N–H and O–H groups in total. The maximum Gasteiger partial charge on any atom is 0.254 e. The second-order valence-electron chi connectivity index (χ2n) is 6.37. The van der Waals surface area contributed by atoms with Crippen molar-refractivity contribution in [3.63, 3.8) is 0 Å². The van der Waals surface area contributed by atoms with Crippen LogP contribution in [0.4, 0.5) is 0 Å². The Morgan fingerprint density at radius 3 is 2.42 bits per heavy atom. The van der Waals surface area contributed by atoms with Crippen LogP contribution in [0.25, 0.3) is 22.2 Å². The Balaban J connectivity index is 2.15. The molecule has 0 aliphatic rings. The number of nitrogens with zero attached hydrogens (tertiary/aromatic N) is 2. The fourth-order valence-electron chi connectivity index (χ4n) is 3.17. The van der Waals surface area contributed by atoms with E-state index in [2.05, 4.69) is 29.8 Å². The second kappa shape index (κ2) is 8.45. The standard InChI is InChI=1S/C22H23BrN2O/c1-3-12-25(13-4-2)22(26)19-15-21(16-8-7-9-17(23)14-16)24-20-11-6-5-10-18(19)20/h5-11,14-15H,3-4,12-13H2,1-2H3. The molecule has 0 unspecified atom stereocenters. The van der Waals surface area contributed by atoms with E-state index in [4.69, 9.17) is 4.98 Å². The average molecular weight is 411 g/mol. The Morgan fingerprint density at radius 2 is 1.73 bits per heavy atom. The van der Waals surface area contributed by atoms with Gasteiger partial charge in [-0.25, -0.2) is 4.98 Å². The van der Waals surface area contributed by atoms with Gasteiger partial charge in [0.15, 0.2) is 0 Å². The summed E-state index contributed by atoms with van der Waals surface area (Å²) in [5, 5.41) is 0.911. The minimum atomic E-state index is 0.0866. The summed E-state index contributed by atoms with van der Waals surface area (Å²) in [5.41, 5.74) is 3.40. The van der Waals surface area contributed by atoms with Crippen molar-refractivity contribution in [3.05, 3.63) is 64.6 Å². The monoisotopic (exact) mass is 410 g/mol. The first-order chi connectivity index (χ1) is 12.6. The molecule has 0 aliphatic carbocycles. The van der Waals surface area contributed by atoms with E-state index in [1.807, 2.05) is 59.5 Å². The minimum absolute atomic E-state index is 0.0866. The van der Waals surface area contributed by atoms with Crippen molar-refractivity contribution >= 4 is 32.7 Å². The maximum atomic E-state index is 13.3. The zero-order valence-electron chi connectivity index (χ0n) is 15.2. The van der Waals surface area contributed by atoms with Crippen LogP contribution in [0.1, 0.15) is 37.0 Å². The summed E-state index contributed by atoms with van der Waals surface area (Å²) in [6.07, 6.45) is 1.90. The topological polar surface area (TPSA) is 33.2 Å². The van der Waals surface area contributed by atoms with Gasteiger partial charge in [-0.15, -0.1) is 0 Å². The predicted molar refractivity (Wildman–Crippen MR) is 111 cm³/mol. The molecule has 134 valence electrons. The molecule has 0 fully saturated rings. The van der Waals surface area contributed by atoms with Crippen molar-refractivity contribution in [3.8, 4) is 11.3 Å². The number of para-hydroxylation sites is 1. The fraction of sp³-hybridized carbons (Fsp3) is 0.273. The molecule has 1 amide bonds. The Hall–Kier alpha value is -2.20. The van der Waals surface area contributed by atoms with Crippen molar-refractivity contribution in [2.75, 3.05) is 13.1 Å². The fourth-order valence-corrected chi connectivity index (χ4v) is 3.57. The SMILES string of the molecule is CCCN(CCC)C(=O)c1cc(-c2cccc(Br)c2)nc2ccccc12. The van der Waals surface area contributed by atoms with Gasteiger partial charge >= 0.3 is 0 Å². The molecular weight excluding hydrogens is 388 g/mol. The Kier molecular flexibility index (Phi) is 6.04. The molecule has 26 heavy (non-hydrogen) atoms. The number of aromatic nitrogens is 1. The van der Waals surface area contributed by atoms with Gasteiger partial charge in [0.05, 0.1) is 16.8 Å². The molecule has 4 heteroatoms. The first-order valence-corrected chi connectivity index (χ1v) is 9.88. The van der Waals surface area contributed by atoms with E-state index in [1.165, 1.54) is 0 Å². The van der Waals surface area contributed by atoms with Gasteiger partial charge in [0, 0.05) is 28.5 Å². The molecular formula is C22H23BrN2O. The molecule has 1 aromatic heterocycles. The molecule has 0 saturated carbocycles. The average Bonchev–Trinajstić information content (AvgIpc) is 2.66. The van der Waals surface area contributed by atoms with E-state index in [0.29, 0.717) is 0 Å². The summed E-state index contributed by atoms with van der Waals surface area (Å²) in [7, 11) is 0. The highest BCUT2D eigenvalue weighted by molar-refractivity contribution is 9.10. The van der Waals surface area contributed by atoms with Crippen molar-refractivity contribution < 1.29 is 4.79 Å². The number of hydrogen-bond acceptors (Lipinski definition) is 2. The van der Waals surface area contributed by atoms with Crippen LogP contribution in [0.15, 0.2) is 59.1 Å². The van der Waals surface area contributed by atoms with Gasteiger partial charge in [0.25, 0.3) is 5.91 Å². The lowest BCUT2D eigenvalue weighted by molar-refractivity contribution is 0.0757. The molecule has 0 radical (unpaired) electrons. The van der Waals surface area contributed by atoms with Gasteiger partial charge in [0.2, 0.25) is 0 Å². The molecule has 3 aromatic rings. The first kappa shape index (κ1) is 18.6. The van der Waals surface area contributed by atoms with Crippen molar-refractivity contribution in [1.82, 2.24) is 9.88 Å². The summed E-state index contributed by atoms with van der Waals surface area (Å²) in [6, 6.07) is 17.8. The van der Waals surface area contributed by atoms with E-state index in [-0.39, 0.29) is 5.91 Å². The van der Waals surface area contributed by atoms with Crippen LogP contribution in [0.5, 0.6) is 0 Å². The van der Waals surface area contributed by atoms with Crippen LogP contribution >= 0.6 is 15.9 Å². The third-order valence-electron chi connectivity index (χ3n) is 4.34. The highest BCUT2D eigenvalue weighted by Gasteiger charge is 2.19. The number of hydrogen-bond donors (Lipinski definition) is 0. The predicted octanol–water partition coefficient (Wildman–Crippen LogP) is 5.93. The molecule has 0 saturated heterocycles. The smallest absolute Gasteiger partial charge is 0.254 e. The van der Waals surface area contributed by atoms with E-state index in [9.17, 15) is 4.79 Å². The number of carbonyl (C=O) groups is 1. The van der Waals surface area contributed by atoms with Crippen LogP contribution in [-0.2, 0) is 0 Å². The van der Waals surface area contributed by atoms with E-state index >= 15 is 0 Å². The second-order valence-corrected chi connectivity index (χ2v) is 7.29. The van der Waals surface area contributed by atoms with Crippen LogP contribution in [-0.4, -0.2) is 28.9 Å². The molecule has 0 aliphatic heterocycles. The number of rotatable bonds is 6. The summed E-state index contributed by atoms with van der Waals surface area (Å²) >= 11 is 3.52. The lowest BCUT2D eigenvalue weighted by Crippen LogP contribution is -2.32. The molecule has 3 nitrogen and oxygen atoms in total. The van der Waals surface area contributed by atoms with Crippen LogP contribution in [0.3, 0.4) is 0 Å². The number of carbonyl (C=O) groups excluding carboxylic acids is 1. The zero-order valence-corrected chi connectivity index (χ0v) is 16.8. The van der Waals surface area contributed by atoms with Gasteiger partial charge in [-0.1, -0.05) is 60.1 Å². The lowest BCUT2D eigenvalue weighted by Gasteiger charge is -2.22. The number of amides is 1. The number of benzene rings is 2. The minimum Gasteiger partial charge on any atom is -0.339 e. The first-order valence-electron chi connectivity index (χ1n) is 9.09.